The molecule has 120 valence electrons. The van der Waals surface area contributed by atoms with Crippen LogP contribution in [0.25, 0.3) is 11.4 Å². The molecule has 1 aromatic heterocycles. The molecule has 0 saturated heterocycles. The molecule has 2 N–H and O–H groups in total. The zero-order chi connectivity index (χ0) is 16.9. The summed E-state index contributed by atoms with van der Waals surface area (Å²) in [5, 5.41) is 12.5. The molecule has 0 unspecified atom stereocenters. The summed E-state index contributed by atoms with van der Waals surface area (Å²) in [6.45, 7) is 2.48. The third kappa shape index (κ3) is 3.57. The minimum Gasteiger partial charge on any atom is -0.477 e. The third-order valence-corrected chi connectivity index (χ3v) is 3.60. The van der Waals surface area contributed by atoms with Gasteiger partial charge >= 0.3 is 5.97 Å². The van der Waals surface area contributed by atoms with Gasteiger partial charge in [0.15, 0.2) is 5.82 Å². The van der Waals surface area contributed by atoms with E-state index in [0.29, 0.717) is 18.2 Å². The van der Waals surface area contributed by atoms with Crippen LogP contribution < -0.4 is 5.32 Å². The summed E-state index contributed by atoms with van der Waals surface area (Å²) in [7, 11) is 0. The average molecular weight is 319 g/mol. The van der Waals surface area contributed by atoms with E-state index in [4.69, 9.17) is 0 Å². The Morgan fingerprint density at radius 2 is 1.92 bits per heavy atom. The molecule has 0 fully saturated rings. The standard InChI is InChI=1S/C19H17N3O2/c1-13-6-5-9-15(10-13)17-21-12-16(19(23)24)18(22-17)20-11-14-7-3-2-4-8-14/h2-10,12H,11H2,1H3,(H,23,24)(H,20,21,22). The number of carboxylic acids is 1. The summed E-state index contributed by atoms with van der Waals surface area (Å²) in [6.07, 6.45) is 1.35. The minimum absolute atomic E-state index is 0.0577. The Bertz CT molecular complexity index is 863. The molecule has 1 heterocycles. The normalized spacial score (nSPS) is 10.4. The fraction of sp³-hybridized carbons (Fsp3) is 0.105. The van der Waals surface area contributed by atoms with E-state index in [0.717, 1.165) is 16.7 Å². The van der Waals surface area contributed by atoms with E-state index in [1.165, 1.54) is 6.20 Å². The van der Waals surface area contributed by atoms with Crippen molar-refractivity contribution in [1.29, 1.82) is 0 Å². The predicted octanol–water partition coefficient (Wildman–Crippen LogP) is 3.76. The molecule has 0 spiro atoms. The van der Waals surface area contributed by atoms with E-state index in [1.54, 1.807) is 0 Å². The summed E-state index contributed by atoms with van der Waals surface area (Å²) < 4.78 is 0. The zero-order valence-corrected chi connectivity index (χ0v) is 13.2. The van der Waals surface area contributed by atoms with Gasteiger partial charge < -0.3 is 10.4 Å². The molecule has 0 aliphatic carbocycles. The highest BCUT2D eigenvalue weighted by Crippen LogP contribution is 2.21. The van der Waals surface area contributed by atoms with Gasteiger partial charge in [-0.2, -0.15) is 0 Å². The summed E-state index contributed by atoms with van der Waals surface area (Å²) in [6, 6.07) is 17.5. The van der Waals surface area contributed by atoms with Crippen molar-refractivity contribution < 1.29 is 9.90 Å². The summed E-state index contributed by atoms with van der Waals surface area (Å²) in [5.74, 6) is -0.238. The predicted molar refractivity (Wildman–Crippen MR) is 92.9 cm³/mol. The number of hydrogen-bond acceptors (Lipinski definition) is 4. The molecule has 5 nitrogen and oxygen atoms in total. The number of carboxylic acid groups (broad SMARTS) is 1. The van der Waals surface area contributed by atoms with Crippen molar-refractivity contribution >= 4 is 11.8 Å². The molecule has 0 aliphatic rings. The molecule has 24 heavy (non-hydrogen) atoms. The number of rotatable bonds is 5. The quantitative estimate of drug-likeness (QED) is 0.749. The van der Waals surface area contributed by atoms with Crippen LogP contribution in [0, 0.1) is 6.92 Å². The number of anilines is 1. The van der Waals surface area contributed by atoms with Crippen LogP contribution in [-0.4, -0.2) is 21.0 Å². The van der Waals surface area contributed by atoms with Crippen molar-refractivity contribution in [2.24, 2.45) is 0 Å². The van der Waals surface area contributed by atoms with E-state index in [2.05, 4.69) is 15.3 Å². The van der Waals surface area contributed by atoms with Gasteiger partial charge in [0, 0.05) is 18.3 Å². The molecule has 0 aliphatic heterocycles. The molecule has 3 aromatic rings. The molecular formula is C19H17N3O2. The molecule has 3 rings (SSSR count). The number of aromatic carboxylic acids is 1. The highest BCUT2D eigenvalue weighted by atomic mass is 16.4. The SMILES string of the molecule is Cc1cccc(-c2ncc(C(=O)O)c(NCc3ccccc3)n2)c1. The van der Waals surface area contributed by atoms with Gasteiger partial charge in [-0.25, -0.2) is 14.8 Å². The Hall–Kier alpha value is -3.21. The van der Waals surface area contributed by atoms with Crippen LogP contribution in [0.1, 0.15) is 21.5 Å². The first kappa shape index (κ1) is 15.7. The molecule has 2 aromatic carbocycles. The number of nitrogens with zero attached hydrogens (tertiary/aromatic N) is 2. The Morgan fingerprint density at radius 1 is 1.12 bits per heavy atom. The van der Waals surface area contributed by atoms with E-state index < -0.39 is 5.97 Å². The van der Waals surface area contributed by atoms with Crippen LogP contribution >= 0.6 is 0 Å². The van der Waals surface area contributed by atoms with E-state index in [-0.39, 0.29) is 5.56 Å². The van der Waals surface area contributed by atoms with Crippen molar-refractivity contribution in [3.63, 3.8) is 0 Å². The second-order valence-electron chi connectivity index (χ2n) is 5.47. The van der Waals surface area contributed by atoms with Crippen LogP contribution in [0.3, 0.4) is 0 Å². The monoisotopic (exact) mass is 319 g/mol. The first-order valence-electron chi connectivity index (χ1n) is 7.58. The van der Waals surface area contributed by atoms with Gasteiger partial charge in [0.2, 0.25) is 0 Å². The third-order valence-electron chi connectivity index (χ3n) is 3.60. The molecule has 5 heteroatoms. The summed E-state index contributed by atoms with van der Waals surface area (Å²) >= 11 is 0. The zero-order valence-electron chi connectivity index (χ0n) is 13.2. The van der Waals surface area contributed by atoms with Crippen molar-refractivity contribution in [3.8, 4) is 11.4 Å². The summed E-state index contributed by atoms with van der Waals surface area (Å²) in [4.78, 5) is 20.0. The smallest absolute Gasteiger partial charge is 0.341 e. The maximum Gasteiger partial charge on any atom is 0.341 e. The largest absolute Gasteiger partial charge is 0.477 e. The lowest BCUT2D eigenvalue weighted by molar-refractivity contribution is 0.0697. The van der Waals surface area contributed by atoms with Crippen LogP contribution in [0.2, 0.25) is 0 Å². The molecule has 0 amide bonds. The van der Waals surface area contributed by atoms with Crippen molar-refractivity contribution in [1.82, 2.24) is 9.97 Å². The Balaban J connectivity index is 1.93. The van der Waals surface area contributed by atoms with Gasteiger partial charge in [-0.15, -0.1) is 0 Å². The van der Waals surface area contributed by atoms with Gasteiger partial charge in [0.05, 0.1) is 0 Å². The lowest BCUT2D eigenvalue weighted by Gasteiger charge is -2.10. The van der Waals surface area contributed by atoms with Crippen LogP contribution in [-0.2, 0) is 6.54 Å². The van der Waals surface area contributed by atoms with Gasteiger partial charge in [-0.3, -0.25) is 0 Å². The molecule has 0 saturated carbocycles. The minimum atomic E-state index is -1.05. The van der Waals surface area contributed by atoms with E-state index in [1.807, 2.05) is 61.5 Å². The highest BCUT2D eigenvalue weighted by molar-refractivity contribution is 5.93. The van der Waals surface area contributed by atoms with Crippen LogP contribution in [0.5, 0.6) is 0 Å². The van der Waals surface area contributed by atoms with Crippen LogP contribution in [0.4, 0.5) is 5.82 Å². The summed E-state index contributed by atoms with van der Waals surface area (Å²) in [5.41, 5.74) is 3.05. The lowest BCUT2D eigenvalue weighted by atomic mass is 10.1. The number of carbonyl (C=O) groups is 1. The Kier molecular flexibility index (Phi) is 4.52. The lowest BCUT2D eigenvalue weighted by Crippen LogP contribution is -2.10. The van der Waals surface area contributed by atoms with Gasteiger partial charge in [0.25, 0.3) is 0 Å². The maximum atomic E-state index is 11.4. The van der Waals surface area contributed by atoms with Crippen molar-refractivity contribution in [2.45, 2.75) is 13.5 Å². The van der Waals surface area contributed by atoms with Gasteiger partial charge in [0.1, 0.15) is 11.4 Å². The second kappa shape index (κ2) is 6.91. The fourth-order valence-corrected chi connectivity index (χ4v) is 2.38. The van der Waals surface area contributed by atoms with Gasteiger partial charge in [-0.05, 0) is 18.6 Å². The number of hydrogen-bond donors (Lipinski definition) is 2. The second-order valence-corrected chi connectivity index (χ2v) is 5.47. The number of nitrogens with one attached hydrogen (secondary N) is 1. The van der Waals surface area contributed by atoms with Gasteiger partial charge in [-0.1, -0.05) is 54.1 Å². The topological polar surface area (TPSA) is 75.1 Å². The van der Waals surface area contributed by atoms with Crippen LogP contribution in [0.15, 0.2) is 60.8 Å². The molecule has 0 atom stereocenters. The number of aromatic nitrogens is 2. The first-order chi connectivity index (χ1) is 11.6. The molecule has 0 radical (unpaired) electrons. The first-order valence-corrected chi connectivity index (χ1v) is 7.58. The van der Waals surface area contributed by atoms with E-state index >= 15 is 0 Å². The molecule has 0 bridgehead atoms. The molecular weight excluding hydrogens is 302 g/mol. The number of aryl methyl sites for hydroxylation is 1. The highest BCUT2D eigenvalue weighted by Gasteiger charge is 2.14. The average Bonchev–Trinajstić information content (AvgIpc) is 2.60. The van der Waals surface area contributed by atoms with Crippen molar-refractivity contribution in [2.75, 3.05) is 5.32 Å². The maximum absolute atomic E-state index is 11.4. The fourth-order valence-electron chi connectivity index (χ4n) is 2.38. The Morgan fingerprint density at radius 3 is 2.62 bits per heavy atom. The Labute approximate surface area is 140 Å². The van der Waals surface area contributed by atoms with Crippen molar-refractivity contribution in [3.05, 3.63) is 77.5 Å². The number of benzene rings is 2. The van der Waals surface area contributed by atoms with E-state index in [9.17, 15) is 9.90 Å².